The van der Waals surface area contributed by atoms with Crippen LogP contribution in [-0.2, 0) is 6.54 Å². The molecule has 1 fully saturated rings. The molecule has 1 saturated heterocycles. The second-order valence-corrected chi connectivity index (χ2v) is 6.45. The number of nitrogens with one attached hydrogen (secondary N) is 2. The fraction of sp³-hybridized carbons (Fsp3) is 0.765. The summed E-state index contributed by atoms with van der Waals surface area (Å²) in [5.74, 6) is 2.36. The maximum absolute atomic E-state index is 5.57. The van der Waals surface area contributed by atoms with Gasteiger partial charge in [-0.05, 0) is 53.4 Å². The molecule has 1 aromatic rings. The van der Waals surface area contributed by atoms with Crippen LogP contribution in [0.2, 0.25) is 0 Å². The Bertz CT molecular complexity index is 508. The molecule has 0 atom stereocenters. The van der Waals surface area contributed by atoms with Gasteiger partial charge in [-0.2, -0.15) is 0 Å². The molecular formula is C17H32N6O. The van der Waals surface area contributed by atoms with E-state index in [1.807, 2.05) is 13.8 Å². The Hall–Kier alpha value is -1.60. The van der Waals surface area contributed by atoms with E-state index >= 15 is 0 Å². The fourth-order valence-electron chi connectivity index (χ4n) is 2.83. The Morgan fingerprint density at radius 3 is 2.75 bits per heavy atom. The van der Waals surface area contributed by atoms with Gasteiger partial charge in [0.15, 0.2) is 5.96 Å². The molecule has 1 aromatic heterocycles. The summed E-state index contributed by atoms with van der Waals surface area (Å²) in [5, 5.41) is 6.60. The summed E-state index contributed by atoms with van der Waals surface area (Å²) in [6.45, 7) is 11.2. The standard InChI is InChI=1S/C17H32N6O/c1-14-15(2)24-16(21-14)13-20-17(18-3)19-7-5-9-23-10-6-8-22(4)11-12-23/h5-13H2,1-4H3,(H2,18,19,20). The van der Waals surface area contributed by atoms with Gasteiger partial charge in [0.25, 0.3) is 0 Å². The van der Waals surface area contributed by atoms with E-state index in [9.17, 15) is 0 Å². The van der Waals surface area contributed by atoms with Gasteiger partial charge in [0, 0.05) is 26.7 Å². The number of guanidine groups is 1. The third-order valence-electron chi connectivity index (χ3n) is 4.46. The van der Waals surface area contributed by atoms with Gasteiger partial charge in [-0.3, -0.25) is 4.99 Å². The molecule has 1 aliphatic rings. The van der Waals surface area contributed by atoms with E-state index in [4.69, 9.17) is 4.42 Å². The number of nitrogens with zero attached hydrogens (tertiary/aromatic N) is 4. The van der Waals surface area contributed by atoms with Gasteiger partial charge >= 0.3 is 0 Å². The number of hydrogen-bond acceptors (Lipinski definition) is 5. The highest BCUT2D eigenvalue weighted by Gasteiger charge is 2.11. The van der Waals surface area contributed by atoms with E-state index in [1.165, 1.54) is 32.6 Å². The van der Waals surface area contributed by atoms with Crippen LogP contribution in [0.3, 0.4) is 0 Å². The second kappa shape index (κ2) is 9.64. The molecule has 0 aliphatic carbocycles. The molecule has 0 amide bonds. The van der Waals surface area contributed by atoms with Crippen molar-refractivity contribution in [3.63, 3.8) is 0 Å². The van der Waals surface area contributed by atoms with Crippen molar-refractivity contribution in [3.8, 4) is 0 Å². The summed E-state index contributed by atoms with van der Waals surface area (Å²) < 4.78 is 5.57. The summed E-state index contributed by atoms with van der Waals surface area (Å²) >= 11 is 0. The van der Waals surface area contributed by atoms with Crippen LogP contribution >= 0.6 is 0 Å². The number of aryl methyl sites for hydroxylation is 2. The monoisotopic (exact) mass is 336 g/mol. The number of rotatable bonds is 6. The van der Waals surface area contributed by atoms with Crippen LogP contribution in [0.1, 0.15) is 30.2 Å². The maximum atomic E-state index is 5.57. The number of hydrogen-bond donors (Lipinski definition) is 2. The van der Waals surface area contributed by atoms with Gasteiger partial charge < -0.3 is 24.9 Å². The summed E-state index contributed by atoms with van der Waals surface area (Å²) in [6.07, 6.45) is 2.38. The van der Waals surface area contributed by atoms with Crippen molar-refractivity contribution < 1.29 is 4.42 Å². The predicted octanol–water partition coefficient (Wildman–Crippen LogP) is 0.984. The first-order valence-electron chi connectivity index (χ1n) is 8.87. The van der Waals surface area contributed by atoms with E-state index in [2.05, 4.69) is 37.5 Å². The SMILES string of the molecule is CN=C(NCCCN1CCCN(C)CC1)NCc1nc(C)c(C)o1. The lowest BCUT2D eigenvalue weighted by atomic mass is 10.3. The minimum Gasteiger partial charge on any atom is -0.444 e. The second-order valence-electron chi connectivity index (χ2n) is 6.45. The van der Waals surface area contributed by atoms with E-state index < -0.39 is 0 Å². The molecule has 0 bridgehead atoms. The van der Waals surface area contributed by atoms with Gasteiger partial charge in [-0.15, -0.1) is 0 Å². The summed E-state index contributed by atoms with van der Waals surface area (Å²) in [5.41, 5.74) is 0.942. The average molecular weight is 336 g/mol. The molecular weight excluding hydrogens is 304 g/mol. The topological polar surface area (TPSA) is 68.9 Å². The third kappa shape index (κ3) is 6.13. The lowest BCUT2D eigenvalue weighted by molar-refractivity contribution is 0.274. The number of oxazole rings is 1. The molecule has 7 heteroatoms. The molecule has 1 aliphatic heterocycles. The van der Waals surface area contributed by atoms with Gasteiger partial charge in [0.2, 0.25) is 5.89 Å². The Morgan fingerprint density at radius 2 is 2.04 bits per heavy atom. The van der Waals surface area contributed by atoms with Crippen molar-refractivity contribution in [3.05, 3.63) is 17.3 Å². The van der Waals surface area contributed by atoms with Gasteiger partial charge in [-0.1, -0.05) is 0 Å². The highest BCUT2D eigenvalue weighted by atomic mass is 16.4. The van der Waals surface area contributed by atoms with E-state index in [-0.39, 0.29) is 0 Å². The van der Waals surface area contributed by atoms with Crippen molar-refractivity contribution in [2.45, 2.75) is 33.2 Å². The average Bonchev–Trinajstić information content (AvgIpc) is 2.75. The molecule has 24 heavy (non-hydrogen) atoms. The molecule has 2 N–H and O–H groups in total. The minimum absolute atomic E-state index is 0.548. The van der Waals surface area contributed by atoms with E-state index in [1.54, 1.807) is 7.05 Å². The molecule has 0 unspecified atom stereocenters. The molecule has 0 radical (unpaired) electrons. The molecule has 0 saturated carbocycles. The zero-order valence-corrected chi connectivity index (χ0v) is 15.6. The molecule has 7 nitrogen and oxygen atoms in total. The van der Waals surface area contributed by atoms with Crippen molar-refractivity contribution in [1.29, 1.82) is 0 Å². The number of aliphatic imine (C=N–C) groups is 1. The van der Waals surface area contributed by atoms with Crippen LogP contribution < -0.4 is 10.6 Å². The predicted molar refractivity (Wildman–Crippen MR) is 97.3 cm³/mol. The Morgan fingerprint density at radius 1 is 1.21 bits per heavy atom. The van der Waals surface area contributed by atoms with Crippen LogP contribution in [0.5, 0.6) is 0 Å². The van der Waals surface area contributed by atoms with Crippen molar-refractivity contribution in [1.82, 2.24) is 25.4 Å². The molecule has 0 spiro atoms. The minimum atomic E-state index is 0.548. The lowest BCUT2D eigenvalue weighted by Gasteiger charge is -2.20. The van der Waals surface area contributed by atoms with Crippen LogP contribution in [-0.4, -0.2) is 74.1 Å². The van der Waals surface area contributed by atoms with Crippen molar-refractivity contribution in [2.24, 2.45) is 4.99 Å². The van der Waals surface area contributed by atoms with E-state index in [0.29, 0.717) is 12.4 Å². The highest BCUT2D eigenvalue weighted by molar-refractivity contribution is 5.79. The van der Waals surface area contributed by atoms with Crippen molar-refractivity contribution in [2.75, 3.05) is 53.4 Å². The Balaban J connectivity index is 1.63. The fourth-order valence-corrected chi connectivity index (χ4v) is 2.83. The summed E-state index contributed by atoms with van der Waals surface area (Å²) in [7, 11) is 3.99. The largest absolute Gasteiger partial charge is 0.444 e. The molecule has 0 aromatic carbocycles. The first-order valence-corrected chi connectivity index (χ1v) is 8.87. The zero-order chi connectivity index (χ0) is 17.4. The number of aromatic nitrogens is 1. The lowest BCUT2D eigenvalue weighted by Crippen LogP contribution is -2.38. The molecule has 2 heterocycles. The van der Waals surface area contributed by atoms with Gasteiger partial charge in [0.1, 0.15) is 5.76 Å². The summed E-state index contributed by atoms with van der Waals surface area (Å²) in [4.78, 5) is 13.6. The van der Waals surface area contributed by atoms with Crippen LogP contribution in [0.15, 0.2) is 9.41 Å². The normalized spacial score (nSPS) is 17.8. The number of likely N-dealkylation sites (N-methyl/N-ethyl adjacent to an activating group) is 1. The van der Waals surface area contributed by atoms with Crippen molar-refractivity contribution >= 4 is 5.96 Å². The first-order chi connectivity index (χ1) is 11.6. The Kier molecular flexibility index (Phi) is 7.52. The smallest absolute Gasteiger partial charge is 0.214 e. The quantitative estimate of drug-likeness (QED) is 0.459. The van der Waals surface area contributed by atoms with Gasteiger partial charge in [-0.25, -0.2) is 4.98 Å². The van der Waals surface area contributed by atoms with Crippen LogP contribution in [0.4, 0.5) is 0 Å². The summed E-state index contributed by atoms with van der Waals surface area (Å²) in [6, 6.07) is 0. The first kappa shape index (κ1) is 18.7. The van der Waals surface area contributed by atoms with Gasteiger partial charge in [0.05, 0.1) is 12.2 Å². The molecule has 136 valence electrons. The third-order valence-corrected chi connectivity index (χ3v) is 4.46. The zero-order valence-electron chi connectivity index (χ0n) is 15.6. The highest BCUT2D eigenvalue weighted by Crippen LogP contribution is 2.07. The molecule has 2 rings (SSSR count). The van der Waals surface area contributed by atoms with E-state index in [0.717, 1.165) is 36.9 Å². The maximum Gasteiger partial charge on any atom is 0.214 e. The van der Waals surface area contributed by atoms with Crippen LogP contribution in [0.25, 0.3) is 0 Å². The van der Waals surface area contributed by atoms with Crippen LogP contribution in [0, 0.1) is 13.8 Å². The Labute approximate surface area is 145 Å².